The van der Waals surface area contributed by atoms with Crippen molar-refractivity contribution in [2.45, 2.75) is 11.3 Å². The van der Waals surface area contributed by atoms with E-state index in [9.17, 15) is 4.79 Å². The van der Waals surface area contributed by atoms with E-state index in [4.69, 9.17) is 14.6 Å². The third-order valence-corrected chi connectivity index (χ3v) is 3.95. The van der Waals surface area contributed by atoms with Crippen molar-refractivity contribution in [3.05, 3.63) is 28.2 Å². The zero-order chi connectivity index (χ0) is 14.1. The third kappa shape index (κ3) is 6.42. The second kappa shape index (κ2) is 9.36. The summed E-state index contributed by atoms with van der Waals surface area (Å²) < 4.78 is 10.9. The van der Waals surface area contributed by atoms with Gasteiger partial charge in [0, 0.05) is 35.4 Å². The van der Waals surface area contributed by atoms with Gasteiger partial charge in [0.2, 0.25) is 0 Å². The van der Waals surface area contributed by atoms with Crippen molar-refractivity contribution in [2.24, 2.45) is 0 Å². The number of hydrogen-bond donors (Lipinski definition) is 1. The number of methoxy groups -OCH3 is 1. The molecule has 1 aromatic rings. The second-order valence-electron chi connectivity index (χ2n) is 3.75. The summed E-state index contributed by atoms with van der Waals surface area (Å²) in [6.45, 7) is 2.05. The van der Waals surface area contributed by atoms with Gasteiger partial charge in [-0.1, -0.05) is 0 Å². The van der Waals surface area contributed by atoms with Gasteiger partial charge in [-0.3, -0.25) is 0 Å². The van der Waals surface area contributed by atoms with E-state index in [1.165, 1.54) is 0 Å². The van der Waals surface area contributed by atoms with Crippen LogP contribution in [0.4, 0.5) is 0 Å². The van der Waals surface area contributed by atoms with Crippen LogP contribution >= 0.6 is 27.7 Å². The van der Waals surface area contributed by atoms with Crippen LogP contribution in [0, 0.1) is 0 Å². The first kappa shape index (κ1) is 16.5. The molecule has 0 saturated heterocycles. The summed E-state index contributed by atoms with van der Waals surface area (Å²) in [6.07, 6.45) is 0.891. The summed E-state index contributed by atoms with van der Waals surface area (Å²) in [6, 6.07) is 5.32. The highest BCUT2D eigenvalue weighted by atomic mass is 79.9. The van der Waals surface area contributed by atoms with Crippen LogP contribution in [0.1, 0.15) is 16.8 Å². The normalized spacial score (nSPS) is 10.6. The Hall–Kier alpha value is -0.560. The van der Waals surface area contributed by atoms with E-state index in [-0.39, 0.29) is 5.56 Å². The second-order valence-corrected chi connectivity index (χ2v) is 5.78. The summed E-state index contributed by atoms with van der Waals surface area (Å²) in [5, 5.41) is 9.01. The molecule has 106 valence electrons. The highest BCUT2D eigenvalue weighted by Crippen LogP contribution is 2.24. The fourth-order valence-corrected chi connectivity index (χ4v) is 2.60. The maximum Gasteiger partial charge on any atom is 0.336 e. The van der Waals surface area contributed by atoms with Crippen LogP contribution in [0.15, 0.2) is 27.6 Å². The number of hydrogen-bond acceptors (Lipinski definition) is 4. The first-order chi connectivity index (χ1) is 9.15. The predicted molar refractivity (Wildman–Crippen MR) is 79.1 cm³/mol. The maximum atomic E-state index is 11.0. The highest BCUT2D eigenvalue weighted by Gasteiger charge is 2.08. The van der Waals surface area contributed by atoms with Gasteiger partial charge in [-0.15, -0.1) is 11.8 Å². The van der Waals surface area contributed by atoms with E-state index in [1.807, 2.05) is 6.07 Å². The number of rotatable bonds is 9. The molecular weight excluding hydrogens is 332 g/mol. The molecule has 0 unspecified atom stereocenters. The zero-order valence-corrected chi connectivity index (χ0v) is 13.1. The van der Waals surface area contributed by atoms with Crippen LogP contribution in [0.25, 0.3) is 0 Å². The Bertz CT molecular complexity index is 412. The average Bonchev–Trinajstić information content (AvgIpc) is 2.39. The van der Waals surface area contributed by atoms with Gasteiger partial charge in [-0.25, -0.2) is 4.79 Å². The highest BCUT2D eigenvalue weighted by molar-refractivity contribution is 9.10. The van der Waals surface area contributed by atoms with E-state index in [0.717, 1.165) is 17.1 Å². The lowest BCUT2D eigenvalue weighted by Crippen LogP contribution is -2.02. The fourth-order valence-electron chi connectivity index (χ4n) is 1.38. The minimum absolute atomic E-state index is 0.283. The van der Waals surface area contributed by atoms with Crippen LogP contribution in [0.2, 0.25) is 0 Å². The topological polar surface area (TPSA) is 55.8 Å². The number of aromatic carboxylic acids is 1. The standard InChI is InChI=1S/C13H17BrO4S/c1-17-5-2-6-18-7-8-19-10-3-4-12(14)11(9-10)13(15)16/h3-4,9H,2,5-8H2,1H3,(H,15,16). The third-order valence-electron chi connectivity index (χ3n) is 2.30. The lowest BCUT2D eigenvalue weighted by Gasteiger charge is -2.06. The smallest absolute Gasteiger partial charge is 0.336 e. The molecule has 0 bridgehead atoms. The quantitative estimate of drug-likeness (QED) is 0.548. The minimum Gasteiger partial charge on any atom is -0.478 e. The Kier molecular flexibility index (Phi) is 8.13. The SMILES string of the molecule is COCCCOCCSc1ccc(Br)c(C(=O)O)c1. The van der Waals surface area contributed by atoms with Crippen molar-refractivity contribution in [2.75, 3.05) is 32.7 Å². The van der Waals surface area contributed by atoms with E-state index in [0.29, 0.717) is 24.3 Å². The molecule has 0 atom stereocenters. The molecule has 6 heteroatoms. The van der Waals surface area contributed by atoms with Crippen LogP contribution in [0.5, 0.6) is 0 Å². The molecule has 0 fully saturated rings. The molecule has 0 radical (unpaired) electrons. The van der Waals surface area contributed by atoms with Crippen LogP contribution < -0.4 is 0 Å². The van der Waals surface area contributed by atoms with Gasteiger partial charge in [-0.2, -0.15) is 0 Å². The predicted octanol–water partition coefficient (Wildman–Crippen LogP) is 3.29. The molecular formula is C13H17BrO4S. The van der Waals surface area contributed by atoms with Crippen molar-refractivity contribution in [1.29, 1.82) is 0 Å². The molecule has 1 rings (SSSR count). The molecule has 19 heavy (non-hydrogen) atoms. The van der Waals surface area contributed by atoms with Crippen LogP contribution in [-0.4, -0.2) is 43.8 Å². The Morgan fingerprint density at radius 1 is 1.37 bits per heavy atom. The molecule has 0 spiro atoms. The first-order valence-electron chi connectivity index (χ1n) is 5.87. The van der Waals surface area contributed by atoms with Crippen LogP contribution in [-0.2, 0) is 9.47 Å². The van der Waals surface area contributed by atoms with Crippen molar-refractivity contribution >= 4 is 33.7 Å². The Morgan fingerprint density at radius 2 is 2.16 bits per heavy atom. The molecule has 0 amide bonds. The molecule has 0 aliphatic rings. The summed E-state index contributed by atoms with van der Waals surface area (Å²) in [7, 11) is 1.67. The number of benzene rings is 1. The molecule has 1 aromatic carbocycles. The summed E-state index contributed by atoms with van der Waals surface area (Å²) in [5.41, 5.74) is 0.283. The molecule has 4 nitrogen and oxygen atoms in total. The summed E-state index contributed by atoms with van der Waals surface area (Å²) in [5.74, 6) is -0.127. The van der Waals surface area contributed by atoms with Gasteiger partial charge in [-0.05, 0) is 40.5 Å². The zero-order valence-electron chi connectivity index (χ0n) is 10.7. The molecule has 0 heterocycles. The van der Waals surface area contributed by atoms with E-state index in [2.05, 4.69) is 15.9 Å². The van der Waals surface area contributed by atoms with E-state index >= 15 is 0 Å². The molecule has 1 N–H and O–H groups in total. The van der Waals surface area contributed by atoms with Crippen molar-refractivity contribution in [3.63, 3.8) is 0 Å². The number of ether oxygens (including phenoxy) is 2. The summed E-state index contributed by atoms with van der Waals surface area (Å²) in [4.78, 5) is 11.9. The number of carboxylic acids is 1. The Balaban J connectivity index is 2.30. The molecule has 0 aromatic heterocycles. The minimum atomic E-state index is -0.926. The maximum absolute atomic E-state index is 11.0. The Labute approximate surface area is 125 Å². The van der Waals surface area contributed by atoms with Crippen molar-refractivity contribution in [3.8, 4) is 0 Å². The van der Waals surface area contributed by atoms with Crippen LogP contribution in [0.3, 0.4) is 0 Å². The van der Waals surface area contributed by atoms with Gasteiger partial charge in [0.1, 0.15) is 0 Å². The lowest BCUT2D eigenvalue weighted by atomic mass is 10.2. The lowest BCUT2D eigenvalue weighted by molar-refractivity contribution is 0.0695. The van der Waals surface area contributed by atoms with Gasteiger partial charge in [0.15, 0.2) is 0 Å². The number of thioether (sulfide) groups is 1. The van der Waals surface area contributed by atoms with Gasteiger partial charge < -0.3 is 14.6 Å². The average molecular weight is 349 g/mol. The molecule has 0 aliphatic heterocycles. The number of carboxylic acid groups (broad SMARTS) is 1. The van der Waals surface area contributed by atoms with E-state index < -0.39 is 5.97 Å². The molecule has 0 saturated carbocycles. The van der Waals surface area contributed by atoms with Crippen molar-refractivity contribution < 1.29 is 19.4 Å². The van der Waals surface area contributed by atoms with E-state index in [1.54, 1.807) is 31.0 Å². The fraction of sp³-hybridized carbons (Fsp3) is 0.462. The monoisotopic (exact) mass is 348 g/mol. The van der Waals surface area contributed by atoms with Gasteiger partial charge in [0.05, 0.1) is 12.2 Å². The summed E-state index contributed by atoms with van der Waals surface area (Å²) >= 11 is 4.81. The number of halogens is 1. The molecule has 0 aliphatic carbocycles. The number of carbonyl (C=O) groups is 1. The van der Waals surface area contributed by atoms with Crippen molar-refractivity contribution in [1.82, 2.24) is 0 Å². The Morgan fingerprint density at radius 3 is 2.84 bits per heavy atom. The largest absolute Gasteiger partial charge is 0.478 e. The first-order valence-corrected chi connectivity index (χ1v) is 7.65. The van der Waals surface area contributed by atoms with Gasteiger partial charge >= 0.3 is 5.97 Å². The van der Waals surface area contributed by atoms with Gasteiger partial charge in [0.25, 0.3) is 0 Å².